The highest BCUT2D eigenvalue weighted by atomic mass is 16.8. The molecule has 1 rings (SSSR count). The lowest BCUT2D eigenvalue weighted by Gasteiger charge is -2.44. The molecule has 1 saturated heterocycles. The third-order valence-electron chi connectivity index (χ3n) is 2.31. The molecular formula is C8H15NO7. The number of hydrogen-bond acceptors (Lipinski definition) is 8. The van der Waals surface area contributed by atoms with Crippen molar-refractivity contribution in [2.75, 3.05) is 6.61 Å². The van der Waals surface area contributed by atoms with E-state index in [9.17, 15) is 20.1 Å². The fourth-order valence-corrected chi connectivity index (χ4v) is 1.46. The number of rotatable bonds is 2. The van der Waals surface area contributed by atoms with Crippen LogP contribution >= 0.6 is 0 Å². The molecule has 1 fully saturated rings. The summed E-state index contributed by atoms with van der Waals surface area (Å²) < 4.78 is 9.19. The zero-order chi connectivity index (χ0) is 12.5. The second-order valence-corrected chi connectivity index (χ2v) is 3.57. The van der Waals surface area contributed by atoms with E-state index in [-0.39, 0.29) is 0 Å². The third kappa shape index (κ3) is 2.32. The fourth-order valence-electron chi connectivity index (χ4n) is 1.46. The summed E-state index contributed by atoms with van der Waals surface area (Å²) in [5.74, 6) is -3.43. The highest BCUT2D eigenvalue weighted by Crippen LogP contribution is 2.27. The van der Waals surface area contributed by atoms with E-state index >= 15 is 0 Å². The van der Waals surface area contributed by atoms with Gasteiger partial charge in [-0.2, -0.15) is 0 Å². The van der Waals surface area contributed by atoms with Crippen LogP contribution in [0, 0.1) is 0 Å². The lowest BCUT2D eigenvalue weighted by Crippen LogP contribution is -2.69. The molecule has 6 N–H and O–H groups in total. The van der Waals surface area contributed by atoms with Gasteiger partial charge >= 0.3 is 11.9 Å². The minimum atomic E-state index is -2.56. The van der Waals surface area contributed by atoms with Gasteiger partial charge in [0.1, 0.15) is 24.4 Å². The van der Waals surface area contributed by atoms with Crippen molar-refractivity contribution in [3.8, 4) is 0 Å². The molecule has 0 aliphatic carbocycles. The first kappa shape index (κ1) is 13.3. The summed E-state index contributed by atoms with van der Waals surface area (Å²) in [4.78, 5) is 10.7. The number of hydrogen-bond donors (Lipinski definition) is 5. The summed E-state index contributed by atoms with van der Waals surface area (Å²) in [5, 5.41) is 37.5. The Bertz CT molecular complexity index is 271. The standard InChI is InChI=1S/C8H15NO7/c1-3(11)15-8(14)7(9)6(13)5(12)4(2-10)16-8/h4-7,10,12-14H,2,9H2,1H3/t4-,5+,6+,7-,8?/m1/s1. The van der Waals surface area contributed by atoms with Crippen molar-refractivity contribution in [3.63, 3.8) is 0 Å². The quantitative estimate of drug-likeness (QED) is 0.247. The first-order valence-electron chi connectivity index (χ1n) is 4.64. The number of ether oxygens (including phenoxy) is 2. The van der Waals surface area contributed by atoms with Gasteiger partial charge in [0.05, 0.1) is 6.61 Å². The van der Waals surface area contributed by atoms with Crippen LogP contribution in [0.15, 0.2) is 0 Å². The predicted octanol–water partition coefficient (Wildman–Crippen LogP) is -3.36. The largest absolute Gasteiger partial charge is 0.407 e. The number of nitrogens with two attached hydrogens (primary N) is 1. The van der Waals surface area contributed by atoms with E-state index < -0.39 is 42.9 Å². The van der Waals surface area contributed by atoms with E-state index in [0.29, 0.717) is 0 Å². The maximum Gasteiger partial charge on any atom is 0.345 e. The predicted molar refractivity (Wildman–Crippen MR) is 48.7 cm³/mol. The average molecular weight is 237 g/mol. The van der Waals surface area contributed by atoms with E-state index in [0.717, 1.165) is 6.92 Å². The molecule has 0 radical (unpaired) electrons. The van der Waals surface area contributed by atoms with E-state index in [1.807, 2.05) is 0 Å². The topological polar surface area (TPSA) is 142 Å². The van der Waals surface area contributed by atoms with Gasteiger partial charge in [-0.15, -0.1) is 0 Å². The number of esters is 1. The van der Waals surface area contributed by atoms with Crippen molar-refractivity contribution in [1.29, 1.82) is 0 Å². The van der Waals surface area contributed by atoms with Crippen molar-refractivity contribution in [2.45, 2.75) is 37.3 Å². The molecule has 1 unspecified atom stereocenters. The molecule has 8 heteroatoms. The Morgan fingerprint density at radius 3 is 2.50 bits per heavy atom. The Labute approximate surface area is 91.2 Å². The molecule has 0 aromatic rings. The van der Waals surface area contributed by atoms with Crippen molar-refractivity contribution >= 4 is 5.97 Å². The Balaban J connectivity index is 2.89. The second kappa shape index (κ2) is 4.62. The highest BCUT2D eigenvalue weighted by Gasteiger charge is 2.54. The molecular weight excluding hydrogens is 222 g/mol. The monoisotopic (exact) mass is 237 g/mol. The van der Waals surface area contributed by atoms with E-state index in [1.54, 1.807) is 0 Å². The lowest BCUT2D eigenvalue weighted by atomic mass is 9.96. The number of carbonyl (C=O) groups is 1. The Kier molecular flexibility index (Phi) is 3.84. The molecule has 0 bridgehead atoms. The van der Waals surface area contributed by atoms with Gasteiger partial charge in [-0.05, 0) is 0 Å². The van der Waals surface area contributed by atoms with Crippen molar-refractivity contribution < 1.29 is 34.7 Å². The summed E-state index contributed by atoms with van der Waals surface area (Å²) in [7, 11) is 0. The molecule has 0 aromatic heterocycles. The minimum Gasteiger partial charge on any atom is -0.407 e. The first-order chi connectivity index (χ1) is 7.31. The van der Waals surface area contributed by atoms with Gasteiger partial charge in [0.15, 0.2) is 0 Å². The van der Waals surface area contributed by atoms with E-state index in [1.165, 1.54) is 0 Å². The Morgan fingerprint density at radius 2 is 2.06 bits per heavy atom. The smallest absolute Gasteiger partial charge is 0.345 e. The number of aliphatic hydroxyl groups excluding tert-OH is 3. The van der Waals surface area contributed by atoms with Crippen LogP contribution in [0.2, 0.25) is 0 Å². The molecule has 8 nitrogen and oxygen atoms in total. The first-order valence-corrected chi connectivity index (χ1v) is 4.64. The summed E-state index contributed by atoms with van der Waals surface area (Å²) in [6.45, 7) is 0.341. The molecule has 0 spiro atoms. The van der Waals surface area contributed by atoms with Gasteiger partial charge < -0.3 is 35.6 Å². The van der Waals surface area contributed by atoms with E-state index in [2.05, 4.69) is 4.74 Å². The number of carbonyl (C=O) groups excluding carboxylic acids is 1. The molecule has 0 amide bonds. The molecule has 0 aromatic carbocycles. The van der Waals surface area contributed by atoms with Gasteiger partial charge in [0.25, 0.3) is 0 Å². The van der Waals surface area contributed by atoms with Crippen LogP contribution in [0.4, 0.5) is 0 Å². The average Bonchev–Trinajstić information content (AvgIpc) is 2.20. The molecule has 94 valence electrons. The van der Waals surface area contributed by atoms with Gasteiger partial charge in [0.2, 0.25) is 0 Å². The van der Waals surface area contributed by atoms with Crippen LogP contribution in [0.25, 0.3) is 0 Å². The fraction of sp³-hybridized carbons (Fsp3) is 0.875. The van der Waals surface area contributed by atoms with Crippen LogP contribution in [-0.4, -0.2) is 63.3 Å². The van der Waals surface area contributed by atoms with Crippen LogP contribution < -0.4 is 5.73 Å². The van der Waals surface area contributed by atoms with Crippen LogP contribution in [0.1, 0.15) is 6.92 Å². The van der Waals surface area contributed by atoms with Gasteiger partial charge in [0, 0.05) is 6.92 Å². The maximum atomic E-state index is 10.7. The van der Waals surface area contributed by atoms with E-state index in [4.69, 9.17) is 15.6 Å². The normalized spacial score (nSPS) is 44.1. The van der Waals surface area contributed by atoms with Crippen molar-refractivity contribution in [1.82, 2.24) is 0 Å². The highest BCUT2D eigenvalue weighted by molar-refractivity contribution is 5.66. The minimum absolute atomic E-state index is 0.672. The Morgan fingerprint density at radius 1 is 1.50 bits per heavy atom. The number of aliphatic hydroxyl groups is 4. The summed E-state index contributed by atoms with van der Waals surface area (Å²) >= 11 is 0. The summed E-state index contributed by atoms with van der Waals surface area (Å²) in [6, 6.07) is -1.53. The molecule has 1 aliphatic rings. The maximum absolute atomic E-state index is 10.7. The zero-order valence-corrected chi connectivity index (χ0v) is 8.61. The Hall–Kier alpha value is -0.770. The molecule has 1 aliphatic heterocycles. The molecule has 5 atom stereocenters. The van der Waals surface area contributed by atoms with Crippen molar-refractivity contribution in [2.24, 2.45) is 5.73 Å². The molecule has 1 heterocycles. The lowest BCUT2D eigenvalue weighted by molar-refractivity contribution is -0.406. The third-order valence-corrected chi connectivity index (χ3v) is 2.31. The van der Waals surface area contributed by atoms with Crippen LogP contribution in [-0.2, 0) is 14.3 Å². The SMILES string of the molecule is CC(=O)OC1(O)O[C@H](CO)[C@H](O)[C@H](O)[C@H]1N. The molecule has 0 saturated carbocycles. The second-order valence-electron chi connectivity index (χ2n) is 3.57. The van der Waals surface area contributed by atoms with Gasteiger partial charge in [-0.3, -0.25) is 4.79 Å². The van der Waals surface area contributed by atoms with Gasteiger partial charge in [-0.25, -0.2) is 0 Å². The van der Waals surface area contributed by atoms with Crippen LogP contribution in [0.5, 0.6) is 0 Å². The zero-order valence-electron chi connectivity index (χ0n) is 8.61. The molecule has 16 heavy (non-hydrogen) atoms. The van der Waals surface area contributed by atoms with Crippen LogP contribution in [0.3, 0.4) is 0 Å². The summed E-state index contributed by atoms with van der Waals surface area (Å²) in [6.07, 6.45) is -4.36. The van der Waals surface area contributed by atoms with Gasteiger partial charge in [-0.1, -0.05) is 0 Å². The summed E-state index contributed by atoms with van der Waals surface area (Å²) in [5.41, 5.74) is 5.37. The van der Waals surface area contributed by atoms with Crippen molar-refractivity contribution in [3.05, 3.63) is 0 Å².